The van der Waals surface area contributed by atoms with Crippen molar-refractivity contribution in [3.05, 3.63) is 0 Å². The van der Waals surface area contributed by atoms with Crippen LogP contribution < -0.4 is 5.32 Å². The van der Waals surface area contributed by atoms with Crippen molar-refractivity contribution in [2.45, 2.75) is 6.18 Å². The molecule has 0 amide bonds. The van der Waals surface area contributed by atoms with Crippen molar-refractivity contribution in [3.63, 3.8) is 0 Å². The lowest BCUT2D eigenvalue weighted by atomic mass is 10.1. The van der Waals surface area contributed by atoms with Crippen LogP contribution in [0.25, 0.3) is 0 Å². The maximum absolute atomic E-state index is 12.0. The van der Waals surface area contributed by atoms with Crippen LogP contribution in [-0.4, -0.2) is 33.5 Å². The van der Waals surface area contributed by atoms with Crippen LogP contribution in [0.3, 0.4) is 0 Å². The molecule has 0 aliphatic rings. The third-order valence-electron chi connectivity index (χ3n) is 1.28. The monoisotopic (exact) mass is 207 g/mol. The highest BCUT2D eigenvalue weighted by atomic mass is 35.5. The van der Waals surface area contributed by atoms with Crippen molar-refractivity contribution < 1.29 is 17.9 Å². The SMILES string of the molecule is CNCC(COC)C(F)(F)F.Cl. The summed E-state index contributed by atoms with van der Waals surface area (Å²) in [4.78, 5) is 0. The number of ether oxygens (including phenoxy) is 1. The first-order valence-corrected chi connectivity index (χ1v) is 3.22. The fourth-order valence-corrected chi connectivity index (χ4v) is 0.717. The quantitative estimate of drug-likeness (QED) is 0.754. The molecule has 0 aromatic carbocycles. The van der Waals surface area contributed by atoms with Crippen molar-refractivity contribution in [1.29, 1.82) is 0 Å². The van der Waals surface area contributed by atoms with Gasteiger partial charge in [0.25, 0.3) is 0 Å². The Balaban J connectivity index is 0. The first-order valence-electron chi connectivity index (χ1n) is 3.22. The Morgan fingerprint density at radius 3 is 2.17 bits per heavy atom. The van der Waals surface area contributed by atoms with E-state index in [9.17, 15) is 13.2 Å². The lowest BCUT2D eigenvalue weighted by molar-refractivity contribution is -0.184. The highest BCUT2D eigenvalue weighted by molar-refractivity contribution is 5.85. The summed E-state index contributed by atoms with van der Waals surface area (Å²) >= 11 is 0. The lowest BCUT2D eigenvalue weighted by Crippen LogP contribution is -2.35. The summed E-state index contributed by atoms with van der Waals surface area (Å²) in [6.45, 7) is -0.387. The van der Waals surface area contributed by atoms with Gasteiger partial charge in [-0.3, -0.25) is 0 Å². The molecule has 6 heteroatoms. The van der Waals surface area contributed by atoms with Gasteiger partial charge in [0, 0.05) is 13.7 Å². The summed E-state index contributed by atoms with van der Waals surface area (Å²) in [5.74, 6) is -1.41. The minimum Gasteiger partial charge on any atom is -0.384 e. The summed E-state index contributed by atoms with van der Waals surface area (Å²) < 4.78 is 40.3. The van der Waals surface area contributed by atoms with Crippen molar-refractivity contribution in [2.24, 2.45) is 5.92 Å². The molecule has 2 nitrogen and oxygen atoms in total. The van der Waals surface area contributed by atoms with Gasteiger partial charge in [0.15, 0.2) is 0 Å². The van der Waals surface area contributed by atoms with E-state index in [4.69, 9.17) is 0 Å². The molecule has 1 atom stereocenters. The second-order valence-corrected chi connectivity index (χ2v) is 2.25. The molecule has 0 aromatic heterocycles. The molecule has 0 fully saturated rings. The summed E-state index contributed by atoms with van der Waals surface area (Å²) in [5.41, 5.74) is 0. The van der Waals surface area contributed by atoms with Crippen LogP contribution >= 0.6 is 12.4 Å². The second kappa shape index (κ2) is 6.51. The highest BCUT2D eigenvalue weighted by Crippen LogP contribution is 2.25. The van der Waals surface area contributed by atoms with Crippen LogP contribution in [0, 0.1) is 5.92 Å². The van der Waals surface area contributed by atoms with E-state index in [0.717, 1.165) is 0 Å². The van der Waals surface area contributed by atoms with Gasteiger partial charge in [-0.15, -0.1) is 12.4 Å². The smallest absolute Gasteiger partial charge is 0.384 e. The molecule has 0 rings (SSSR count). The fraction of sp³-hybridized carbons (Fsp3) is 1.00. The van der Waals surface area contributed by atoms with Crippen LogP contribution in [-0.2, 0) is 4.74 Å². The van der Waals surface area contributed by atoms with Crippen molar-refractivity contribution >= 4 is 12.4 Å². The summed E-state index contributed by atoms with van der Waals surface area (Å²) in [5, 5.41) is 2.46. The Hall–Kier alpha value is -0.0000000000000000555. The largest absolute Gasteiger partial charge is 0.395 e. The van der Waals surface area contributed by atoms with Gasteiger partial charge in [0.1, 0.15) is 0 Å². The molecule has 0 aliphatic carbocycles. The van der Waals surface area contributed by atoms with Crippen molar-refractivity contribution in [1.82, 2.24) is 5.32 Å². The Kier molecular flexibility index (Phi) is 7.88. The zero-order valence-corrected chi connectivity index (χ0v) is 7.76. The molecule has 1 unspecified atom stereocenters. The van der Waals surface area contributed by atoms with Crippen molar-refractivity contribution in [2.75, 3.05) is 27.3 Å². The first-order chi connectivity index (χ1) is 5.02. The Morgan fingerprint density at radius 2 is 1.92 bits per heavy atom. The average Bonchev–Trinajstić information content (AvgIpc) is 1.85. The Morgan fingerprint density at radius 1 is 1.42 bits per heavy atom. The number of hydrogen-bond donors (Lipinski definition) is 1. The maximum atomic E-state index is 12.0. The highest BCUT2D eigenvalue weighted by Gasteiger charge is 2.38. The number of methoxy groups -OCH3 is 1. The van der Waals surface area contributed by atoms with Gasteiger partial charge >= 0.3 is 6.18 Å². The van der Waals surface area contributed by atoms with Gasteiger partial charge in [-0.25, -0.2) is 0 Å². The first kappa shape index (κ1) is 14.5. The third-order valence-corrected chi connectivity index (χ3v) is 1.28. The van der Waals surface area contributed by atoms with E-state index in [0.29, 0.717) is 0 Å². The van der Waals surface area contributed by atoms with E-state index in [1.165, 1.54) is 14.2 Å². The van der Waals surface area contributed by atoms with Crippen LogP contribution in [0.2, 0.25) is 0 Å². The van der Waals surface area contributed by atoms with E-state index in [1.54, 1.807) is 0 Å². The van der Waals surface area contributed by atoms with Gasteiger partial charge in [-0.2, -0.15) is 13.2 Å². The molecule has 0 heterocycles. The van der Waals surface area contributed by atoms with E-state index in [-0.39, 0.29) is 25.6 Å². The summed E-state index contributed by atoms with van der Waals surface area (Å²) in [6.07, 6.45) is -4.17. The van der Waals surface area contributed by atoms with E-state index < -0.39 is 12.1 Å². The van der Waals surface area contributed by atoms with E-state index >= 15 is 0 Å². The zero-order valence-electron chi connectivity index (χ0n) is 6.94. The van der Waals surface area contributed by atoms with Crippen LogP contribution in [0.5, 0.6) is 0 Å². The standard InChI is InChI=1S/C6H12F3NO.ClH/c1-10-3-5(4-11-2)6(7,8)9;/h5,10H,3-4H2,1-2H3;1H. The number of hydrogen-bond acceptors (Lipinski definition) is 2. The van der Waals surface area contributed by atoms with E-state index in [1.807, 2.05) is 0 Å². The maximum Gasteiger partial charge on any atom is 0.395 e. The number of nitrogens with one attached hydrogen (secondary N) is 1. The number of halogens is 4. The molecule has 0 aromatic rings. The number of alkyl halides is 3. The summed E-state index contributed by atoms with van der Waals surface area (Å²) in [7, 11) is 2.74. The van der Waals surface area contributed by atoms with Crippen LogP contribution in [0.1, 0.15) is 0 Å². The molecule has 0 saturated heterocycles. The third kappa shape index (κ3) is 5.62. The molecule has 0 aliphatic heterocycles. The van der Waals surface area contributed by atoms with Crippen LogP contribution in [0.4, 0.5) is 13.2 Å². The average molecular weight is 208 g/mol. The fourth-order valence-electron chi connectivity index (χ4n) is 0.717. The summed E-state index contributed by atoms with van der Waals surface area (Å²) in [6, 6.07) is 0. The molecular weight excluding hydrogens is 195 g/mol. The van der Waals surface area contributed by atoms with Crippen molar-refractivity contribution in [3.8, 4) is 0 Å². The molecule has 0 radical (unpaired) electrons. The number of rotatable bonds is 4. The Labute approximate surface area is 75.9 Å². The lowest BCUT2D eigenvalue weighted by Gasteiger charge is -2.18. The topological polar surface area (TPSA) is 21.3 Å². The molecule has 0 saturated carbocycles. The Bertz CT molecular complexity index is 103. The minimum absolute atomic E-state index is 0. The molecule has 12 heavy (non-hydrogen) atoms. The van der Waals surface area contributed by atoms with Gasteiger partial charge in [0.05, 0.1) is 12.5 Å². The minimum atomic E-state index is -4.17. The molecule has 0 spiro atoms. The van der Waals surface area contributed by atoms with Gasteiger partial charge in [-0.1, -0.05) is 0 Å². The van der Waals surface area contributed by atoms with Gasteiger partial charge < -0.3 is 10.1 Å². The van der Waals surface area contributed by atoms with E-state index in [2.05, 4.69) is 10.1 Å². The predicted octanol–water partition coefficient (Wildman–Crippen LogP) is 1.45. The molecule has 76 valence electrons. The molecule has 1 N–H and O–H groups in total. The zero-order chi connectivity index (χ0) is 8.91. The van der Waals surface area contributed by atoms with Gasteiger partial charge in [-0.05, 0) is 7.05 Å². The molecule has 0 bridgehead atoms. The predicted molar refractivity (Wildman–Crippen MR) is 42.6 cm³/mol. The van der Waals surface area contributed by atoms with Gasteiger partial charge in [0.2, 0.25) is 0 Å². The molecular formula is C6H13ClF3NO. The van der Waals surface area contributed by atoms with Crippen LogP contribution in [0.15, 0.2) is 0 Å². The second-order valence-electron chi connectivity index (χ2n) is 2.25. The normalized spacial score (nSPS) is 13.8.